The van der Waals surface area contributed by atoms with E-state index in [2.05, 4.69) is 0 Å². The predicted octanol–water partition coefficient (Wildman–Crippen LogP) is 1.57. The number of benzene rings is 1. The van der Waals surface area contributed by atoms with Gasteiger partial charge in [-0.3, -0.25) is 4.79 Å². The zero-order chi connectivity index (χ0) is 16.0. The van der Waals surface area contributed by atoms with Crippen molar-refractivity contribution in [1.29, 1.82) is 0 Å². The predicted molar refractivity (Wildman–Crippen MR) is 84.0 cm³/mol. The molecule has 7 heteroatoms. The molecular formula is C14H21ClN2O3S. The van der Waals surface area contributed by atoms with Crippen molar-refractivity contribution in [3.8, 4) is 0 Å². The Bertz CT molecular complexity index is 570. The lowest BCUT2D eigenvalue weighted by Crippen LogP contribution is -2.40. The maximum absolute atomic E-state index is 12.5. The van der Waals surface area contributed by atoms with Crippen LogP contribution >= 0.6 is 11.6 Å². The summed E-state index contributed by atoms with van der Waals surface area (Å²) in [5.41, 5.74) is 0.983. The molecule has 0 saturated heterocycles. The van der Waals surface area contributed by atoms with Crippen LogP contribution in [-0.4, -0.2) is 56.6 Å². The van der Waals surface area contributed by atoms with Crippen molar-refractivity contribution in [2.45, 2.75) is 18.2 Å². The van der Waals surface area contributed by atoms with Crippen LogP contribution in [-0.2, 0) is 21.2 Å². The monoisotopic (exact) mass is 332 g/mol. The Labute approximate surface area is 131 Å². The molecule has 5 nitrogen and oxygen atoms in total. The molecule has 0 aliphatic heterocycles. The lowest BCUT2D eigenvalue weighted by atomic mass is 10.2. The number of hydrogen-bond donors (Lipinski definition) is 0. The van der Waals surface area contributed by atoms with Gasteiger partial charge in [0.25, 0.3) is 0 Å². The Hall–Kier alpha value is -1.11. The number of carbonyl (C=O) groups excluding carboxylic acids is 1. The molecule has 0 aromatic heterocycles. The summed E-state index contributed by atoms with van der Waals surface area (Å²) < 4.78 is 26.2. The van der Waals surface area contributed by atoms with Gasteiger partial charge in [-0.05, 0) is 24.1 Å². The van der Waals surface area contributed by atoms with Crippen LogP contribution in [0.1, 0.15) is 12.5 Å². The van der Waals surface area contributed by atoms with Crippen LogP contribution in [0.5, 0.6) is 0 Å². The van der Waals surface area contributed by atoms with Gasteiger partial charge in [0.15, 0.2) is 0 Å². The van der Waals surface area contributed by atoms with Crippen molar-refractivity contribution in [2.24, 2.45) is 0 Å². The average molecular weight is 333 g/mol. The maximum atomic E-state index is 12.5. The number of rotatable bonds is 7. The Morgan fingerprint density at radius 3 is 2.19 bits per heavy atom. The summed E-state index contributed by atoms with van der Waals surface area (Å²) in [6.07, 6.45) is 0.693. The standard InChI is InChI=1S/C14H21ClN2O3S/c1-4-17(11-14(18)16(2)3)21(19,20)13-7-5-12(6-8-13)9-10-15/h5-8H,4,9-11H2,1-3H3. The molecule has 0 bridgehead atoms. The van der Waals surface area contributed by atoms with Gasteiger partial charge in [-0.1, -0.05) is 19.1 Å². The number of likely N-dealkylation sites (N-methyl/N-ethyl adjacent to an activating group) is 2. The van der Waals surface area contributed by atoms with Crippen LogP contribution in [0.25, 0.3) is 0 Å². The van der Waals surface area contributed by atoms with Gasteiger partial charge in [0, 0.05) is 26.5 Å². The first-order chi connectivity index (χ1) is 9.82. The van der Waals surface area contributed by atoms with Gasteiger partial charge in [0.05, 0.1) is 11.4 Å². The van der Waals surface area contributed by atoms with Gasteiger partial charge >= 0.3 is 0 Å². The number of nitrogens with zero attached hydrogens (tertiary/aromatic N) is 2. The molecule has 0 fully saturated rings. The molecule has 0 saturated carbocycles. The fraction of sp³-hybridized carbons (Fsp3) is 0.500. The highest BCUT2D eigenvalue weighted by molar-refractivity contribution is 7.89. The summed E-state index contributed by atoms with van der Waals surface area (Å²) in [6.45, 7) is 1.79. The molecule has 0 atom stereocenters. The third kappa shape index (κ3) is 4.69. The van der Waals surface area contributed by atoms with Gasteiger partial charge in [-0.2, -0.15) is 4.31 Å². The molecule has 1 aromatic rings. The molecular weight excluding hydrogens is 312 g/mol. The summed E-state index contributed by atoms with van der Waals surface area (Å²) in [7, 11) is -0.457. The summed E-state index contributed by atoms with van der Waals surface area (Å²) in [5, 5.41) is 0. The van der Waals surface area contributed by atoms with Crippen molar-refractivity contribution in [2.75, 3.05) is 33.1 Å². The van der Waals surface area contributed by atoms with Crippen molar-refractivity contribution in [1.82, 2.24) is 9.21 Å². The highest BCUT2D eigenvalue weighted by atomic mass is 35.5. The number of hydrogen-bond acceptors (Lipinski definition) is 3. The van der Waals surface area contributed by atoms with Crippen LogP contribution in [0.4, 0.5) is 0 Å². The normalized spacial score (nSPS) is 11.7. The highest BCUT2D eigenvalue weighted by Gasteiger charge is 2.25. The zero-order valence-corrected chi connectivity index (χ0v) is 14.1. The summed E-state index contributed by atoms with van der Waals surface area (Å²) in [6, 6.07) is 6.60. The van der Waals surface area contributed by atoms with Crippen molar-refractivity contribution >= 4 is 27.5 Å². The average Bonchev–Trinajstić information content (AvgIpc) is 2.45. The van der Waals surface area contributed by atoms with E-state index in [1.54, 1.807) is 45.3 Å². The maximum Gasteiger partial charge on any atom is 0.243 e. The topological polar surface area (TPSA) is 57.7 Å². The van der Waals surface area contributed by atoms with Crippen LogP contribution < -0.4 is 0 Å². The van der Waals surface area contributed by atoms with Crippen LogP contribution in [0.15, 0.2) is 29.2 Å². The summed E-state index contributed by atoms with van der Waals surface area (Å²) in [5.74, 6) is 0.240. The minimum Gasteiger partial charge on any atom is -0.348 e. The lowest BCUT2D eigenvalue weighted by Gasteiger charge is -2.22. The first-order valence-electron chi connectivity index (χ1n) is 6.68. The second-order valence-electron chi connectivity index (χ2n) is 4.80. The fourth-order valence-corrected chi connectivity index (χ4v) is 3.36. The van der Waals surface area contributed by atoms with E-state index < -0.39 is 10.0 Å². The molecule has 1 aromatic carbocycles. The molecule has 0 radical (unpaired) electrons. The first-order valence-corrected chi connectivity index (χ1v) is 8.65. The molecule has 0 aliphatic carbocycles. The summed E-state index contributed by atoms with van der Waals surface area (Å²) in [4.78, 5) is 13.3. The second-order valence-corrected chi connectivity index (χ2v) is 7.12. The van der Waals surface area contributed by atoms with Crippen molar-refractivity contribution in [3.63, 3.8) is 0 Å². The molecule has 0 heterocycles. The van der Waals surface area contributed by atoms with E-state index in [1.807, 2.05) is 0 Å². The Balaban J connectivity index is 2.98. The number of alkyl halides is 1. The Kier molecular flexibility index (Phi) is 6.64. The third-order valence-electron chi connectivity index (χ3n) is 3.11. The van der Waals surface area contributed by atoms with Gasteiger partial charge in [0.2, 0.25) is 15.9 Å². The Morgan fingerprint density at radius 1 is 1.19 bits per heavy atom. The van der Waals surface area contributed by atoms with E-state index in [9.17, 15) is 13.2 Å². The van der Waals surface area contributed by atoms with E-state index in [0.717, 1.165) is 5.56 Å². The summed E-state index contributed by atoms with van der Waals surface area (Å²) >= 11 is 5.66. The van der Waals surface area contributed by atoms with Gasteiger partial charge in [-0.25, -0.2) is 8.42 Å². The van der Waals surface area contributed by atoms with Gasteiger partial charge in [0.1, 0.15) is 0 Å². The number of carbonyl (C=O) groups is 1. The number of aryl methyl sites for hydroxylation is 1. The number of sulfonamides is 1. The fourth-order valence-electron chi connectivity index (χ4n) is 1.75. The lowest BCUT2D eigenvalue weighted by molar-refractivity contribution is -0.128. The minimum absolute atomic E-state index is 0.157. The molecule has 0 unspecified atom stereocenters. The molecule has 118 valence electrons. The molecule has 0 aliphatic rings. The van der Waals surface area contributed by atoms with Crippen molar-refractivity contribution < 1.29 is 13.2 Å². The minimum atomic E-state index is -3.66. The highest BCUT2D eigenvalue weighted by Crippen LogP contribution is 2.17. The van der Waals surface area contributed by atoms with Gasteiger partial charge < -0.3 is 4.90 Å². The third-order valence-corrected chi connectivity index (χ3v) is 5.23. The van der Waals surface area contributed by atoms with Crippen LogP contribution in [0, 0.1) is 0 Å². The molecule has 1 rings (SSSR count). The van der Waals surface area contributed by atoms with E-state index in [4.69, 9.17) is 11.6 Å². The van der Waals surface area contributed by atoms with E-state index >= 15 is 0 Å². The largest absolute Gasteiger partial charge is 0.348 e. The molecule has 0 N–H and O–H groups in total. The van der Waals surface area contributed by atoms with E-state index in [0.29, 0.717) is 12.3 Å². The van der Waals surface area contributed by atoms with E-state index in [-0.39, 0.29) is 23.9 Å². The quantitative estimate of drug-likeness (QED) is 0.712. The molecule has 1 amide bonds. The SMILES string of the molecule is CCN(CC(=O)N(C)C)S(=O)(=O)c1ccc(CCCl)cc1. The Morgan fingerprint density at radius 2 is 1.76 bits per heavy atom. The van der Waals surface area contributed by atoms with Gasteiger partial charge in [-0.15, -0.1) is 11.6 Å². The molecule has 21 heavy (non-hydrogen) atoms. The van der Waals surface area contributed by atoms with Crippen LogP contribution in [0.2, 0.25) is 0 Å². The van der Waals surface area contributed by atoms with E-state index in [1.165, 1.54) is 9.21 Å². The smallest absolute Gasteiger partial charge is 0.243 e. The van der Waals surface area contributed by atoms with Crippen molar-refractivity contribution in [3.05, 3.63) is 29.8 Å². The molecule has 0 spiro atoms. The number of amides is 1. The van der Waals surface area contributed by atoms with Crippen LogP contribution in [0.3, 0.4) is 0 Å². The first kappa shape index (κ1) is 17.9. The second kappa shape index (κ2) is 7.77. The number of halogens is 1. The zero-order valence-electron chi connectivity index (χ0n) is 12.5.